The SMILES string of the molecule is O=C(NC1CCN(C2CC2)CC1)C1CC(O)CN1. The Balaban J connectivity index is 1.41. The first-order chi connectivity index (χ1) is 8.72. The van der Waals surface area contributed by atoms with Gasteiger partial charge < -0.3 is 20.6 Å². The van der Waals surface area contributed by atoms with E-state index in [0.717, 1.165) is 32.0 Å². The van der Waals surface area contributed by atoms with E-state index in [1.165, 1.54) is 12.8 Å². The fraction of sp³-hybridized carbons (Fsp3) is 0.923. The topological polar surface area (TPSA) is 64.6 Å². The van der Waals surface area contributed by atoms with Crippen molar-refractivity contribution in [2.45, 2.75) is 56.3 Å². The van der Waals surface area contributed by atoms with E-state index in [2.05, 4.69) is 15.5 Å². The molecule has 2 atom stereocenters. The molecule has 5 heteroatoms. The Hall–Kier alpha value is -0.650. The van der Waals surface area contributed by atoms with Crippen LogP contribution in [0.1, 0.15) is 32.1 Å². The molecule has 0 aromatic carbocycles. The number of aliphatic hydroxyl groups excluding tert-OH is 1. The zero-order valence-electron chi connectivity index (χ0n) is 10.8. The lowest BCUT2D eigenvalue weighted by Gasteiger charge is -2.32. The molecule has 1 amide bonds. The highest BCUT2D eigenvalue weighted by Crippen LogP contribution is 2.29. The Morgan fingerprint density at radius 2 is 1.94 bits per heavy atom. The Morgan fingerprint density at radius 3 is 2.50 bits per heavy atom. The molecule has 2 unspecified atom stereocenters. The maximum atomic E-state index is 12.0. The van der Waals surface area contributed by atoms with Gasteiger partial charge in [-0.05, 0) is 32.1 Å². The molecule has 2 heterocycles. The predicted molar refractivity (Wildman–Crippen MR) is 68.2 cm³/mol. The third-order valence-electron chi connectivity index (χ3n) is 4.36. The lowest BCUT2D eigenvalue weighted by molar-refractivity contribution is -0.124. The van der Waals surface area contributed by atoms with Gasteiger partial charge in [-0.2, -0.15) is 0 Å². The molecule has 0 spiro atoms. The number of likely N-dealkylation sites (tertiary alicyclic amines) is 1. The number of aliphatic hydroxyl groups is 1. The van der Waals surface area contributed by atoms with Gasteiger partial charge in [-0.15, -0.1) is 0 Å². The van der Waals surface area contributed by atoms with Gasteiger partial charge in [-0.25, -0.2) is 0 Å². The highest BCUT2D eigenvalue weighted by Gasteiger charge is 2.33. The summed E-state index contributed by atoms with van der Waals surface area (Å²) in [7, 11) is 0. The van der Waals surface area contributed by atoms with Crippen molar-refractivity contribution in [3.8, 4) is 0 Å². The normalized spacial score (nSPS) is 34.7. The largest absolute Gasteiger partial charge is 0.392 e. The molecule has 18 heavy (non-hydrogen) atoms. The standard InChI is InChI=1S/C13H23N3O2/c17-11-7-12(14-8-11)13(18)15-9-3-5-16(6-4-9)10-1-2-10/h9-12,14,17H,1-8H2,(H,15,18). The summed E-state index contributed by atoms with van der Waals surface area (Å²) in [5, 5.41) is 15.6. The van der Waals surface area contributed by atoms with Crippen LogP contribution in [-0.4, -0.2) is 59.8 Å². The zero-order chi connectivity index (χ0) is 12.5. The van der Waals surface area contributed by atoms with Crippen molar-refractivity contribution >= 4 is 5.91 Å². The highest BCUT2D eigenvalue weighted by atomic mass is 16.3. The van der Waals surface area contributed by atoms with Gasteiger partial charge in [0.25, 0.3) is 0 Å². The fourth-order valence-electron chi connectivity index (χ4n) is 3.07. The molecular weight excluding hydrogens is 230 g/mol. The summed E-state index contributed by atoms with van der Waals surface area (Å²) < 4.78 is 0. The Kier molecular flexibility index (Phi) is 3.54. The van der Waals surface area contributed by atoms with Crippen molar-refractivity contribution in [3.63, 3.8) is 0 Å². The van der Waals surface area contributed by atoms with E-state index in [4.69, 9.17) is 0 Å². The summed E-state index contributed by atoms with van der Waals surface area (Å²) in [6, 6.07) is 0.974. The smallest absolute Gasteiger partial charge is 0.237 e. The zero-order valence-corrected chi connectivity index (χ0v) is 10.8. The molecule has 0 radical (unpaired) electrons. The number of hydrogen-bond acceptors (Lipinski definition) is 4. The number of nitrogens with one attached hydrogen (secondary N) is 2. The van der Waals surface area contributed by atoms with Crippen molar-refractivity contribution in [2.75, 3.05) is 19.6 Å². The number of nitrogens with zero attached hydrogens (tertiary/aromatic N) is 1. The summed E-state index contributed by atoms with van der Waals surface area (Å²) in [6.07, 6.45) is 5.04. The number of carbonyl (C=O) groups is 1. The summed E-state index contributed by atoms with van der Waals surface area (Å²) >= 11 is 0. The first-order valence-electron chi connectivity index (χ1n) is 7.18. The molecule has 0 aromatic rings. The number of piperidine rings is 1. The molecule has 3 fully saturated rings. The van der Waals surface area contributed by atoms with Gasteiger partial charge in [-0.1, -0.05) is 0 Å². The molecule has 1 aliphatic carbocycles. The molecule has 1 saturated carbocycles. The van der Waals surface area contributed by atoms with Crippen LogP contribution in [0.5, 0.6) is 0 Å². The average molecular weight is 253 g/mol. The van der Waals surface area contributed by atoms with Crippen LogP contribution in [-0.2, 0) is 4.79 Å². The maximum absolute atomic E-state index is 12.0. The van der Waals surface area contributed by atoms with Crippen molar-refractivity contribution < 1.29 is 9.90 Å². The quantitative estimate of drug-likeness (QED) is 0.631. The van der Waals surface area contributed by atoms with Gasteiger partial charge in [-0.3, -0.25) is 4.79 Å². The van der Waals surface area contributed by atoms with Crippen LogP contribution in [0.25, 0.3) is 0 Å². The number of carbonyl (C=O) groups excluding carboxylic acids is 1. The van der Waals surface area contributed by atoms with E-state index in [-0.39, 0.29) is 18.1 Å². The van der Waals surface area contributed by atoms with Crippen LogP contribution in [0.15, 0.2) is 0 Å². The van der Waals surface area contributed by atoms with Crippen molar-refractivity contribution in [1.29, 1.82) is 0 Å². The second-order valence-corrected chi connectivity index (χ2v) is 5.90. The number of rotatable bonds is 3. The number of hydrogen-bond donors (Lipinski definition) is 3. The van der Waals surface area contributed by atoms with Crippen LogP contribution < -0.4 is 10.6 Å². The van der Waals surface area contributed by atoms with E-state index < -0.39 is 0 Å². The molecule has 0 aromatic heterocycles. The molecule has 0 bridgehead atoms. The van der Waals surface area contributed by atoms with E-state index in [1.54, 1.807) is 0 Å². The summed E-state index contributed by atoms with van der Waals surface area (Å²) in [5.74, 6) is 0.0661. The van der Waals surface area contributed by atoms with Gasteiger partial charge in [0.1, 0.15) is 0 Å². The van der Waals surface area contributed by atoms with Crippen molar-refractivity contribution in [2.24, 2.45) is 0 Å². The lowest BCUT2D eigenvalue weighted by Crippen LogP contribution is -2.49. The van der Waals surface area contributed by atoms with Gasteiger partial charge in [0.15, 0.2) is 0 Å². The van der Waals surface area contributed by atoms with Gasteiger partial charge in [0.05, 0.1) is 12.1 Å². The monoisotopic (exact) mass is 253 g/mol. The van der Waals surface area contributed by atoms with E-state index >= 15 is 0 Å². The summed E-state index contributed by atoms with van der Waals surface area (Å²) in [6.45, 7) is 2.78. The molecular formula is C13H23N3O2. The van der Waals surface area contributed by atoms with E-state index in [1.807, 2.05) is 0 Å². The second kappa shape index (κ2) is 5.15. The molecule has 2 saturated heterocycles. The van der Waals surface area contributed by atoms with Gasteiger partial charge in [0.2, 0.25) is 5.91 Å². The first-order valence-corrected chi connectivity index (χ1v) is 7.18. The summed E-state index contributed by atoms with van der Waals surface area (Å²) in [5.41, 5.74) is 0. The van der Waals surface area contributed by atoms with Crippen LogP contribution in [0.4, 0.5) is 0 Å². The predicted octanol–water partition coefficient (Wildman–Crippen LogP) is -0.548. The minimum atomic E-state index is -0.363. The van der Waals surface area contributed by atoms with Gasteiger partial charge in [0, 0.05) is 31.7 Å². The highest BCUT2D eigenvalue weighted by molar-refractivity contribution is 5.82. The molecule has 3 rings (SSSR count). The average Bonchev–Trinajstić information content (AvgIpc) is 3.12. The van der Waals surface area contributed by atoms with Crippen molar-refractivity contribution in [1.82, 2.24) is 15.5 Å². The lowest BCUT2D eigenvalue weighted by atomic mass is 10.0. The molecule has 2 aliphatic heterocycles. The first kappa shape index (κ1) is 12.4. The van der Waals surface area contributed by atoms with Crippen LogP contribution in [0, 0.1) is 0 Å². The minimum absolute atomic E-state index is 0.0661. The Labute approximate surface area is 108 Å². The van der Waals surface area contributed by atoms with E-state index in [9.17, 15) is 9.90 Å². The molecule has 3 N–H and O–H groups in total. The molecule has 102 valence electrons. The van der Waals surface area contributed by atoms with Crippen LogP contribution >= 0.6 is 0 Å². The molecule has 3 aliphatic rings. The third-order valence-corrected chi connectivity index (χ3v) is 4.36. The van der Waals surface area contributed by atoms with Crippen LogP contribution in [0.3, 0.4) is 0 Å². The van der Waals surface area contributed by atoms with Gasteiger partial charge >= 0.3 is 0 Å². The Bertz CT molecular complexity index is 311. The van der Waals surface area contributed by atoms with Crippen LogP contribution in [0.2, 0.25) is 0 Å². The third kappa shape index (κ3) is 2.84. The minimum Gasteiger partial charge on any atom is -0.392 e. The molecule has 5 nitrogen and oxygen atoms in total. The fourth-order valence-corrected chi connectivity index (χ4v) is 3.07. The maximum Gasteiger partial charge on any atom is 0.237 e. The van der Waals surface area contributed by atoms with Crippen molar-refractivity contribution in [3.05, 3.63) is 0 Å². The summed E-state index contributed by atoms with van der Waals surface area (Å²) in [4.78, 5) is 14.5. The number of amides is 1. The second-order valence-electron chi connectivity index (χ2n) is 5.90. The number of β-amino-alcohol motifs (C(OH)–C–C–N with tert-alkyl or cyclic N) is 1. The van der Waals surface area contributed by atoms with E-state index in [0.29, 0.717) is 19.0 Å². The Morgan fingerprint density at radius 1 is 1.22 bits per heavy atom.